The van der Waals surface area contributed by atoms with Crippen molar-refractivity contribution >= 4 is 29.5 Å². The smallest absolute Gasteiger partial charge is 0.332 e. The van der Waals surface area contributed by atoms with E-state index in [1.165, 1.54) is 14.1 Å². The molecule has 1 spiro atoms. The molecular weight excluding hydrogens is 434 g/mol. The number of urea groups is 1. The number of ketones is 1. The van der Waals surface area contributed by atoms with Gasteiger partial charge in [0.1, 0.15) is 23.5 Å². The number of aromatic nitrogens is 2. The van der Waals surface area contributed by atoms with Gasteiger partial charge in [-0.15, -0.1) is 0 Å². The number of esters is 1. The highest BCUT2D eigenvalue weighted by Gasteiger charge is 2.56. The van der Waals surface area contributed by atoms with Gasteiger partial charge in [0, 0.05) is 14.1 Å². The number of anilines is 1. The normalized spacial score (nSPS) is 24.2. The Bertz CT molecular complexity index is 1160. The Morgan fingerprint density at radius 1 is 1.12 bits per heavy atom. The summed E-state index contributed by atoms with van der Waals surface area (Å²) >= 11 is 0. The van der Waals surface area contributed by atoms with Crippen molar-refractivity contribution in [3.8, 4) is 0 Å². The lowest BCUT2D eigenvalue weighted by Crippen LogP contribution is -2.54. The molecule has 12 heteroatoms. The number of hydrogen-bond donors (Lipinski definition) is 2. The summed E-state index contributed by atoms with van der Waals surface area (Å²) in [5, 5.41) is 2.75. The number of nitrogens with one attached hydrogen (secondary N) is 1. The molecular formula is C21H29N5O7. The molecule has 3 amide bonds. The summed E-state index contributed by atoms with van der Waals surface area (Å²) in [4.78, 5) is 75.3. The van der Waals surface area contributed by atoms with Crippen LogP contribution >= 0.6 is 0 Å². The van der Waals surface area contributed by atoms with E-state index < -0.39 is 59.2 Å². The van der Waals surface area contributed by atoms with Crippen LogP contribution in [0, 0.1) is 11.3 Å². The largest absolute Gasteiger partial charge is 0.456 e. The maximum Gasteiger partial charge on any atom is 0.332 e. The molecule has 1 aromatic heterocycles. The predicted molar refractivity (Wildman–Crippen MR) is 116 cm³/mol. The summed E-state index contributed by atoms with van der Waals surface area (Å²) in [7, 11) is 2.48. The standard InChI is InChI=1S/C21H29N5O7/c1-11-6-20(2,3)10-21(7-11)17(30)26(18(31)23-21)8-13(28)33-9-12(27)14-15(22)24(4)19(32)25(5)16(14)29/h11H,6-10,22H2,1-5H3,(H,23,31)/t11-,21+/m0/s1. The molecule has 3 rings (SSSR count). The van der Waals surface area contributed by atoms with Crippen LogP contribution in [0.3, 0.4) is 0 Å². The molecule has 180 valence electrons. The van der Waals surface area contributed by atoms with Crippen LogP contribution in [0.5, 0.6) is 0 Å². The number of nitrogen functional groups attached to an aromatic ring is 1. The van der Waals surface area contributed by atoms with Gasteiger partial charge in [-0.2, -0.15) is 0 Å². The first-order valence-corrected chi connectivity index (χ1v) is 10.6. The van der Waals surface area contributed by atoms with E-state index in [2.05, 4.69) is 5.32 Å². The Morgan fingerprint density at radius 2 is 1.76 bits per heavy atom. The predicted octanol–water partition coefficient (Wildman–Crippen LogP) is -0.471. The molecule has 2 heterocycles. The molecule has 1 saturated carbocycles. The fourth-order valence-electron chi connectivity index (χ4n) is 5.16. The van der Waals surface area contributed by atoms with Gasteiger partial charge in [-0.1, -0.05) is 20.8 Å². The molecule has 12 nitrogen and oxygen atoms in total. The monoisotopic (exact) mass is 463 g/mol. The number of Topliss-reactive ketones (excluding diaryl/α,β-unsaturated/α-hetero) is 1. The molecule has 2 fully saturated rings. The van der Waals surface area contributed by atoms with Gasteiger partial charge in [-0.05, 0) is 30.6 Å². The van der Waals surface area contributed by atoms with Gasteiger partial charge in [0.25, 0.3) is 11.5 Å². The van der Waals surface area contributed by atoms with Crippen LogP contribution in [0.25, 0.3) is 0 Å². The molecule has 2 aliphatic rings. The maximum absolute atomic E-state index is 13.1. The number of rotatable bonds is 5. The molecule has 0 unspecified atom stereocenters. The number of carbonyl (C=O) groups excluding carboxylic acids is 4. The van der Waals surface area contributed by atoms with E-state index in [4.69, 9.17) is 10.5 Å². The minimum Gasteiger partial charge on any atom is -0.456 e. The minimum atomic E-state index is -1.07. The topological polar surface area (TPSA) is 163 Å². The molecule has 1 aromatic rings. The first-order chi connectivity index (χ1) is 15.2. The maximum atomic E-state index is 13.1. The SMILES string of the molecule is C[C@H]1CC(C)(C)C[C@@]2(C1)NC(=O)N(CC(=O)OCC(=O)c1c(N)n(C)c(=O)n(C)c1=O)C2=O. The third-order valence-corrected chi connectivity index (χ3v) is 6.26. The van der Waals surface area contributed by atoms with Crippen molar-refractivity contribution in [1.82, 2.24) is 19.4 Å². The average molecular weight is 463 g/mol. The van der Waals surface area contributed by atoms with Crippen LogP contribution in [0.15, 0.2) is 9.59 Å². The van der Waals surface area contributed by atoms with E-state index >= 15 is 0 Å². The van der Waals surface area contributed by atoms with Crippen molar-refractivity contribution in [3.05, 3.63) is 26.4 Å². The third-order valence-electron chi connectivity index (χ3n) is 6.26. The van der Waals surface area contributed by atoms with Gasteiger partial charge < -0.3 is 15.8 Å². The molecule has 0 bridgehead atoms. The summed E-state index contributed by atoms with van der Waals surface area (Å²) in [6.45, 7) is 4.56. The second-order valence-electron chi connectivity index (χ2n) is 9.81. The van der Waals surface area contributed by atoms with Gasteiger partial charge >= 0.3 is 17.7 Å². The van der Waals surface area contributed by atoms with Crippen LogP contribution in [-0.4, -0.2) is 56.4 Å². The summed E-state index contributed by atoms with van der Waals surface area (Å²) in [5.41, 5.74) is 2.39. The lowest BCUT2D eigenvalue weighted by atomic mass is 9.64. The van der Waals surface area contributed by atoms with Crippen molar-refractivity contribution in [2.24, 2.45) is 25.4 Å². The molecule has 33 heavy (non-hydrogen) atoms. The van der Waals surface area contributed by atoms with Gasteiger partial charge in [0.2, 0.25) is 5.78 Å². The zero-order valence-corrected chi connectivity index (χ0v) is 19.4. The lowest BCUT2D eigenvalue weighted by molar-refractivity contribution is -0.147. The minimum absolute atomic E-state index is 0.161. The van der Waals surface area contributed by atoms with Crippen LogP contribution in [0.1, 0.15) is 50.4 Å². The van der Waals surface area contributed by atoms with Crippen LogP contribution in [-0.2, 0) is 28.4 Å². The van der Waals surface area contributed by atoms with E-state index in [0.717, 1.165) is 15.9 Å². The summed E-state index contributed by atoms with van der Waals surface area (Å²) < 4.78 is 6.56. The third kappa shape index (κ3) is 4.29. The number of hydrogen-bond acceptors (Lipinski definition) is 8. The zero-order valence-electron chi connectivity index (χ0n) is 19.4. The van der Waals surface area contributed by atoms with E-state index in [0.29, 0.717) is 17.4 Å². The Kier molecular flexibility index (Phi) is 5.99. The number of imide groups is 1. The summed E-state index contributed by atoms with van der Waals surface area (Å²) in [6.07, 6.45) is 1.84. The van der Waals surface area contributed by atoms with Crippen LogP contribution in [0.4, 0.5) is 10.6 Å². The molecule has 1 saturated heterocycles. The molecule has 3 N–H and O–H groups in total. The van der Waals surface area contributed by atoms with Crippen molar-refractivity contribution in [2.75, 3.05) is 18.9 Å². The van der Waals surface area contributed by atoms with Gasteiger partial charge in [-0.25, -0.2) is 9.59 Å². The Balaban J connectivity index is 1.69. The number of nitrogens with zero attached hydrogens (tertiary/aromatic N) is 3. The first kappa shape index (κ1) is 24.2. The summed E-state index contributed by atoms with van der Waals surface area (Å²) in [6, 6.07) is -0.690. The Morgan fingerprint density at radius 3 is 2.36 bits per heavy atom. The Hall–Kier alpha value is -3.44. The van der Waals surface area contributed by atoms with Gasteiger partial charge in [0.15, 0.2) is 6.61 Å². The highest BCUT2D eigenvalue weighted by Crippen LogP contribution is 2.46. The molecule has 1 aliphatic carbocycles. The fourth-order valence-corrected chi connectivity index (χ4v) is 5.16. The number of nitrogens with two attached hydrogens (primary N) is 1. The van der Waals surface area contributed by atoms with E-state index in [1.54, 1.807) is 0 Å². The number of amides is 3. The van der Waals surface area contributed by atoms with Crippen molar-refractivity contribution in [2.45, 2.75) is 45.6 Å². The van der Waals surface area contributed by atoms with Gasteiger partial charge in [-0.3, -0.25) is 33.2 Å². The quantitative estimate of drug-likeness (QED) is 0.336. The second kappa shape index (κ2) is 8.16. The van der Waals surface area contributed by atoms with Crippen molar-refractivity contribution < 1.29 is 23.9 Å². The first-order valence-electron chi connectivity index (χ1n) is 10.6. The highest BCUT2D eigenvalue weighted by molar-refractivity contribution is 6.09. The van der Waals surface area contributed by atoms with Crippen LogP contribution < -0.4 is 22.3 Å². The van der Waals surface area contributed by atoms with E-state index in [1.807, 2.05) is 20.8 Å². The van der Waals surface area contributed by atoms with E-state index in [-0.39, 0.29) is 17.2 Å². The molecule has 1 aliphatic heterocycles. The molecule has 0 aromatic carbocycles. The zero-order chi connectivity index (χ0) is 24.9. The fraction of sp³-hybridized carbons (Fsp3) is 0.619. The lowest BCUT2D eigenvalue weighted by Gasteiger charge is -2.43. The second-order valence-corrected chi connectivity index (χ2v) is 9.81. The number of ether oxygens (including phenoxy) is 1. The Labute approximate surface area is 189 Å². The molecule has 0 radical (unpaired) electrons. The van der Waals surface area contributed by atoms with Gasteiger partial charge in [0.05, 0.1) is 0 Å². The van der Waals surface area contributed by atoms with Crippen LogP contribution in [0.2, 0.25) is 0 Å². The van der Waals surface area contributed by atoms with Crippen molar-refractivity contribution in [1.29, 1.82) is 0 Å². The van der Waals surface area contributed by atoms with E-state index in [9.17, 15) is 28.8 Å². The summed E-state index contributed by atoms with van der Waals surface area (Å²) in [5.74, 6) is -2.54. The average Bonchev–Trinajstić information content (AvgIpc) is 2.91. The highest BCUT2D eigenvalue weighted by atomic mass is 16.5. The van der Waals surface area contributed by atoms with Crippen molar-refractivity contribution in [3.63, 3.8) is 0 Å². The number of carbonyl (C=O) groups is 4. The molecule has 2 atom stereocenters.